The number of carbonyl (C=O) groups excluding carboxylic acids is 3. The molecule has 0 rings (SSSR count). The lowest BCUT2D eigenvalue weighted by Gasteiger charge is -2.18. The van der Waals surface area contributed by atoms with Crippen LogP contribution >= 0.6 is 0 Å². The molecule has 0 amide bonds. The molecule has 0 fully saturated rings. The molecule has 0 radical (unpaired) electrons. The Bertz CT molecular complexity index is 1320. The minimum atomic E-state index is -0.769. The molecule has 1 unspecified atom stereocenters. The number of unbranched alkanes of at least 4 members (excludes halogenated alkanes) is 32. The van der Waals surface area contributed by atoms with Gasteiger partial charge in [-0.3, -0.25) is 14.4 Å². The van der Waals surface area contributed by atoms with E-state index in [0.717, 1.165) is 103 Å². The Kier molecular flexibility index (Phi) is 56.8. The van der Waals surface area contributed by atoms with Gasteiger partial charge in [-0.05, 0) is 70.6 Å². The van der Waals surface area contributed by atoms with Gasteiger partial charge in [0.2, 0.25) is 0 Å². The number of hydrogen-bond donors (Lipinski definition) is 0. The maximum Gasteiger partial charge on any atom is 0.306 e. The maximum atomic E-state index is 12.8. The molecular formula is C65H114O6. The van der Waals surface area contributed by atoms with Crippen LogP contribution in [0.5, 0.6) is 0 Å². The van der Waals surface area contributed by atoms with Crippen LogP contribution in [0.1, 0.15) is 303 Å². The lowest BCUT2D eigenvalue weighted by Crippen LogP contribution is -2.30. The molecule has 6 heteroatoms. The highest BCUT2D eigenvalue weighted by atomic mass is 16.6. The smallest absolute Gasteiger partial charge is 0.306 e. The van der Waals surface area contributed by atoms with Gasteiger partial charge < -0.3 is 14.2 Å². The molecule has 0 aromatic carbocycles. The monoisotopic (exact) mass is 991 g/mol. The van der Waals surface area contributed by atoms with Crippen molar-refractivity contribution in [1.29, 1.82) is 0 Å². The quantitative estimate of drug-likeness (QED) is 0.0261. The predicted molar refractivity (Wildman–Crippen MR) is 307 cm³/mol. The highest BCUT2D eigenvalue weighted by Gasteiger charge is 2.19. The highest BCUT2D eigenvalue weighted by Crippen LogP contribution is 2.17. The summed E-state index contributed by atoms with van der Waals surface area (Å²) in [5.41, 5.74) is 0. The first-order chi connectivity index (χ1) is 35.0. The Morgan fingerprint density at radius 3 is 0.859 bits per heavy atom. The van der Waals surface area contributed by atoms with Crippen LogP contribution in [0.4, 0.5) is 0 Å². The first kappa shape index (κ1) is 67.8. The first-order valence-electron chi connectivity index (χ1n) is 30.4. The van der Waals surface area contributed by atoms with Crippen molar-refractivity contribution in [3.63, 3.8) is 0 Å². The van der Waals surface area contributed by atoms with Crippen molar-refractivity contribution in [1.82, 2.24) is 0 Å². The van der Waals surface area contributed by atoms with E-state index in [9.17, 15) is 14.4 Å². The van der Waals surface area contributed by atoms with Crippen molar-refractivity contribution in [2.75, 3.05) is 13.2 Å². The molecule has 0 heterocycles. The standard InChI is InChI=1S/C65H114O6/c1-4-7-10-13-15-17-19-21-23-25-26-27-28-29-30-31-32-33-34-35-36-37-38-40-41-43-45-47-49-52-55-58-64(67)70-61-62(60-69-63(66)57-54-51-12-9-6-3)71-65(68)59-56-53-50-48-46-44-42-39-24-22-20-18-16-14-11-8-5-2/h7,10,15,17,21,23,26-27,29-30,32-33,62H,4-6,8-9,11-14,16,18-20,22,24-25,28,31,34-61H2,1-3H3/b10-7-,17-15-,23-21-,27-26-,30-29-,33-32-. The first-order valence-corrected chi connectivity index (χ1v) is 30.4. The highest BCUT2D eigenvalue weighted by molar-refractivity contribution is 5.71. The fourth-order valence-electron chi connectivity index (χ4n) is 8.68. The zero-order chi connectivity index (χ0) is 51.4. The maximum absolute atomic E-state index is 12.8. The average Bonchev–Trinajstić information content (AvgIpc) is 3.37. The summed E-state index contributed by atoms with van der Waals surface area (Å²) in [5.74, 6) is -0.875. The van der Waals surface area contributed by atoms with E-state index in [0.29, 0.717) is 19.3 Å². The van der Waals surface area contributed by atoms with E-state index in [1.807, 2.05) is 0 Å². The molecule has 0 aromatic rings. The Labute approximate surface area is 440 Å². The second kappa shape index (κ2) is 59.4. The fraction of sp³-hybridized carbons (Fsp3) is 0.769. The number of rotatable bonds is 55. The third-order valence-electron chi connectivity index (χ3n) is 13.2. The van der Waals surface area contributed by atoms with Crippen LogP contribution in [0.3, 0.4) is 0 Å². The van der Waals surface area contributed by atoms with Gasteiger partial charge in [-0.25, -0.2) is 0 Å². The van der Waals surface area contributed by atoms with Crippen molar-refractivity contribution in [3.05, 3.63) is 72.9 Å². The molecule has 1 atom stereocenters. The van der Waals surface area contributed by atoms with E-state index in [1.165, 1.54) is 161 Å². The summed E-state index contributed by atoms with van der Waals surface area (Å²) < 4.78 is 16.7. The van der Waals surface area contributed by atoms with Gasteiger partial charge in [0, 0.05) is 19.3 Å². The van der Waals surface area contributed by atoms with E-state index < -0.39 is 6.10 Å². The molecule has 0 bridgehead atoms. The van der Waals surface area contributed by atoms with Gasteiger partial charge in [0.05, 0.1) is 0 Å². The molecule has 0 aromatic heterocycles. The molecule has 0 spiro atoms. The summed E-state index contributed by atoms with van der Waals surface area (Å²) in [4.78, 5) is 37.8. The van der Waals surface area contributed by atoms with E-state index in [-0.39, 0.29) is 31.1 Å². The van der Waals surface area contributed by atoms with Gasteiger partial charge in [0.25, 0.3) is 0 Å². The second-order valence-corrected chi connectivity index (χ2v) is 20.2. The third-order valence-corrected chi connectivity index (χ3v) is 13.2. The van der Waals surface area contributed by atoms with Crippen LogP contribution in [-0.4, -0.2) is 37.2 Å². The van der Waals surface area contributed by atoms with Crippen LogP contribution in [-0.2, 0) is 28.6 Å². The molecule has 6 nitrogen and oxygen atoms in total. The average molecular weight is 992 g/mol. The number of hydrogen-bond acceptors (Lipinski definition) is 6. The van der Waals surface area contributed by atoms with Crippen molar-refractivity contribution in [2.24, 2.45) is 0 Å². The van der Waals surface area contributed by atoms with Crippen LogP contribution < -0.4 is 0 Å². The molecule has 0 saturated carbocycles. The summed E-state index contributed by atoms with van der Waals surface area (Å²) in [7, 11) is 0. The lowest BCUT2D eigenvalue weighted by molar-refractivity contribution is -0.167. The van der Waals surface area contributed by atoms with Crippen molar-refractivity contribution in [2.45, 2.75) is 309 Å². The normalized spacial score (nSPS) is 12.5. The number of allylic oxidation sites excluding steroid dienone is 12. The summed E-state index contributed by atoms with van der Waals surface area (Å²) >= 11 is 0. The Balaban J connectivity index is 4.01. The van der Waals surface area contributed by atoms with Crippen LogP contribution in [0, 0.1) is 0 Å². The van der Waals surface area contributed by atoms with Gasteiger partial charge in [-0.2, -0.15) is 0 Å². The minimum Gasteiger partial charge on any atom is -0.462 e. The number of esters is 3. The summed E-state index contributed by atoms with van der Waals surface area (Å²) in [6, 6.07) is 0. The molecule has 71 heavy (non-hydrogen) atoms. The van der Waals surface area contributed by atoms with Gasteiger partial charge in [-0.15, -0.1) is 0 Å². The van der Waals surface area contributed by atoms with Crippen molar-refractivity contribution in [3.8, 4) is 0 Å². The largest absolute Gasteiger partial charge is 0.462 e. The van der Waals surface area contributed by atoms with E-state index in [4.69, 9.17) is 14.2 Å². The van der Waals surface area contributed by atoms with Gasteiger partial charge in [-0.1, -0.05) is 286 Å². The molecule has 0 N–H and O–H groups in total. The van der Waals surface area contributed by atoms with Gasteiger partial charge >= 0.3 is 17.9 Å². The third kappa shape index (κ3) is 57.6. The topological polar surface area (TPSA) is 78.9 Å². The molecule has 0 saturated heterocycles. The molecule has 0 aliphatic carbocycles. The molecule has 0 aliphatic rings. The van der Waals surface area contributed by atoms with Gasteiger partial charge in [0.1, 0.15) is 13.2 Å². The summed E-state index contributed by atoms with van der Waals surface area (Å²) in [5, 5.41) is 0. The number of carbonyl (C=O) groups is 3. The van der Waals surface area contributed by atoms with E-state index >= 15 is 0 Å². The predicted octanol–water partition coefficient (Wildman–Crippen LogP) is 20.5. The Hall–Kier alpha value is -3.15. The number of ether oxygens (including phenoxy) is 3. The Morgan fingerprint density at radius 2 is 0.549 bits per heavy atom. The van der Waals surface area contributed by atoms with E-state index in [1.54, 1.807) is 0 Å². The van der Waals surface area contributed by atoms with Gasteiger partial charge in [0.15, 0.2) is 6.10 Å². The molecule has 410 valence electrons. The van der Waals surface area contributed by atoms with Crippen molar-refractivity contribution < 1.29 is 28.6 Å². The molecular weight excluding hydrogens is 877 g/mol. The lowest BCUT2D eigenvalue weighted by atomic mass is 10.0. The van der Waals surface area contributed by atoms with E-state index in [2.05, 4.69) is 93.7 Å². The van der Waals surface area contributed by atoms with Crippen molar-refractivity contribution >= 4 is 17.9 Å². The Morgan fingerprint density at radius 1 is 0.296 bits per heavy atom. The zero-order valence-corrected chi connectivity index (χ0v) is 47.0. The fourth-order valence-corrected chi connectivity index (χ4v) is 8.68. The molecule has 0 aliphatic heterocycles. The minimum absolute atomic E-state index is 0.0725. The SMILES string of the molecule is CC/C=C\C/C=C\C/C=C\C/C=C\C/C=C\C/C=C\CCCCCCCCCCCCCCC(=O)OCC(COC(=O)CCCCCCC)OC(=O)CCCCCCCCCCCCCCCCCCC. The zero-order valence-electron chi connectivity index (χ0n) is 47.0. The van der Waals surface area contributed by atoms with Crippen LogP contribution in [0.25, 0.3) is 0 Å². The second-order valence-electron chi connectivity index (χ2n) is 20.2. The summed E-state index contributed by atoms with van der Waals surface area (Å²) in [6.07, 6.45) is 76.7. The van der Waals surface area contributed by atoms with Crippen LogP contribution in [0.15, 0.2) is 72.9 Å². The summed E-state index contributed by atoms with van der Waals surface area (Å²) in [6.45, 7) is 6.47. The van der Waals surface area contributed by atoms with Crippen LogP contribution in [0.2, 0.25) is 0 Å².